The number of methoxy groups -OCH3 is 2. The van der Waals surface area contributed by atoms with E-state index in [0.717, 1.165) is 49.3 Å². The normalized spacial score (nSPS) is 20.0. The molecule has 1 aromatic heterocycles. The Morgan fingerprint density at radius 1 is 1.19 bits per heavy atom. The van der Waals surface area contributed by atoms with Gasteiger partial charge in [0.15, 0.2) is 5.75 Å². The second kappa shape index (κ2) is 6.91. The molecule has 4 rings (SSSR count). The number of hydrogen-bond donors (Lipinski definition) is 0. The first-order chi connectivity index (χ1) is 13.0. The summed E-state index contributed by atoms with van der Waals surface area (Å²) in [4.78, 5) is 27.4. The van der Waals surface area contributed by atoms with Crippen LogP contribution in [0.1, 0.15) is 49.0 Å². The molecule has 2 heterocycles. The number of fused-ring (bicyclic) bond motifs is 1. The fourth-order valence-corrected chi connectivity index (χ4v) is 4.16. The fraction of sp³-hybridized carbons (Fsp3) is 0.524. The van der Waals surface area contributed by atoms with E-state index in [9.17, 15) is 9.59 Å². The van der Waals surface area contributed by atoms with Crippen molar-refractivity contribution in [3.05, 3.63) is 34.1 Å². The number of carbonyl (C=O) groups excluding carboxylic acids is 1. The molecule has 0 N–H and O–H groups in total. The molecule has 2 aliphatic rings. The van der Waals surface area contributed by atoms with Crippen molar-refractivity contribution in [3.8, 4) is 5.75 Å². The summed E-state index contributed by atoms with van der Waals surface area (Å²) in [6.45, 7) is 4.23. The Kier molecular flexibility index (Phi) is 4.58. The Morgan fingerprint density at radius 2 is 1.96 bits per heavy atom. The summed E-state index contributed by atoms with van der Waals surface area (Å²) < 4.78 is 12.7. The van der Waals surface area contributed by atoms with Crippen LogP contribution in [0.25, 0.3) is 10.9 Å². The Balaban J connectivity index is 1.96. The average molecular weight is 370 g/mol. The minimum atomic E-state index is -0.593. The highest BCUT2D eigenvalue weighted by Crippen LogP contribution is 2.43. The molecule has 1 atom stereocenters. The van der Waals surface area contributed by atoms with Crippen molar-refractivity contribution in [3.63, 3.8) is 0 Å². The lowest BCUT2D eigenvalue weighted by Gasteiger charge is -2.34. The molecule has 0 spiro atoms. The standard InChI is InChI=1S/C21H26N2O4/c1-13-5-4-10-22(11-13)17-9-8-15-18(20(17)26-2)23(14-6-7-14)12-16(19(15)24)21(25)27-3/h8-9,12-14H,4-7,10-11H2,1-3H3. The van der Waals surface area contributed by atoms with E-state index in [0.29, 0.717) is 17.3 Å². The van der Waals surface area contributed by atoms with Crippen molar-refractivity contribution in [1.82, 2.24) is 4.57 Å². The molecule has 1 unspecified atom stereocenters. The number of aromatic nitrogens is 1. The largest absolute Gasteiger partial charge is 0.492 e. The van der Waals surface area contributed by atoms with Gasteiger partial charge in [0.2, 0.25) is 5.43 Å². The molecule has 0 bridgehead atoms. The van der Waals surface area contributed by atoms with E-state index >= 15 is 0 Å². The predicted octanol–water partition coefficient (Wildman–Crippen LogP) is 3.37. The van der Waals surface area contributed by atoms with Gasteiger partial charge >= 0.3 is 5.97 Å². The molecule has 6 heteroatoms. The second-order valence-corrected chi connectivity index (χ2v) is 7.71. The van der Waals surface area contributed by atoms with Crippen LogP contribution in [0.5, 0.6) is 5.75 Å². The summed E-state index contributed by atoms with van der Waals surface area (Å²) >= 11 is 0. The monoisotopic (exact) mass is 370 g/mol. The molecule has 1 saturated carbocycles. The van der Waals surface area contributed by atoms with E-state index in [2.05, 4.69) is 11.8 Å². The zero-order valence-corrected chi connectivity index (χ0v) is 16.2. The first-order valence-corrected chi connectivity index (χ1v) is 9.64. The molecule has 6 nitrogen and oxygen atoms in total. The molecular formula is C21H26N2O4. The lowest BCUT2D eigenvalue weighted by atomic mass is 9.99. The van der Waals surface area contributed by atoms with Gasteiger partial charge in [-0.2, -0.15) is 0 Å². The molecule has 0 radical (unpaired) electrons. The van der Waals surface area contributed by atoms with Gasteiger partial charge in [0, 0.05) is 25.3 Å². The Hall–Kier alpha value is -2.50. The van der Waals surface area contributed by atoms with Gasteiger partial charge in [-0.15, -0.1) is 0 Å². The van der Waals surface area contributed by atoms with Crippen LogP contribution in [0.3, 0.4) is 0 Å². The summed E-state index contributed by atoms with van der Waals surface area (Å²) in [5.41, 5.74) is 1.59. The summed E-state index contributed by atoms with van der Waals surface area (Å²) in [6, 6.07) is 4.08. The first kappa shape index (κ1) is 17.9. The number of hydrogen-bond acceptors (Lipinski definition) is 5. The van der Waals surface area contributed by atoms with Gasteiger partial charge in [-0.1, -0.05) is 6.92 Å². The van der Waals surface area contributed by atoms with Gasteiger partial charge in [-0.3, -0.25) is 4.79 Å². The third kappa shape index (κ3) is 3.07. The van der Waals surface area contributed by atoms with E-state index in [4.69, 9.17) is 9.47 Å². The van der Waals surface area contributed by atoms with Crippen LogP contribution in [0.2, 0.25) is 0 Å². The number of piperidine rings is 1. The van der Waals surface area contributed by atoms with Crippen LogP contribution in [0, 0.1) is 5.92 Å². The zero-order valence-electron chi connectivity index (χ0n) is 16.2. The predicted molar refractivity (Wildman–Crippen MR) is 105 cm³/mol. The van der Waals surface area contributed by atoms with Crippen LogP contribution >= 0.6 is 0 Å². The molecule has 2 aromatic rings. The number of anilines is 1. The number of esters is 1. The van der Waals surface area contributed by atoms with Gasteiger partial charge in [-0.25, -0.2) is 4.79 Å². The van der Waals surface area contributed by atoms with Crippen molar-refractivity contribution in [2.24, 2.45) is 5.92 Å². The van der Waals surface area contributed by atoms with Crippen molar-refractivity contribution in [2.45, 2.75) is 38.6 Å². The molecule has 1 aliphatic carbocycles. The van der Waals surface area contributed by atoms with Crippen LogP contribution in [0.4, 0.5) is 5.69 Å². The average Bonchev–Trinajstić information content (AvgIpc) is 3.52. The van der Waals surface area contributed by atoms with E-state index in [1.165, 1.54) is 13.5 Å². The number of ether oxygens (including phenoxy) is 2. The van der Waals surface area contributed by atoms with Crippen LogP contribution in [-0.4, -0.2) is 37.8 Å². The maximum Gasteiger partial charge on any atom is 0.343 e. The summed E-state index contributed by atoms with van der Waals surface area (Å²) in [5.74, 6) is 0.762. The van der Waals surface area contributed by atoms with Crippen molar-refractivity contribution in [2.75, 3.05) is 32.2 Å². The molecule has 1 aromatic carbocycles. The number of pyridine rings is 1. The minimum Gasteiger partial charge on any atom is -0.492 e. The maximum absolute atomic E-state index is 12.9. The van der Waals surface area contributed by atoms with Gasteiger partial charge in [0.1, 0.15) is 5.56 Å². The summed E-state index contributed by atoms with van der Waals surface area (Å²) in [5, 5.41) is 0.510. The molecule has 0 amide bonds. The van der Waals surface area contributed by atoms with E-state index in [1.807, 2.05) is 16.7 Å². The lowest BCUT2D eigenvalue weighted by Crippen LogP contribution is -2.34. The summed E-state index contributed by atoms with van der Waals surface area (Å²) in [6.07, 6.45) is 6.11. The van der Waals surface area contributed by atoms with Crippen molar-refractivity contribution < 1.29 is 14.3 Å². The van der Waals surface area contributed by atoms with Crippen LogP contribution in [0.15, 0.2) is 23.1 Å². The fourth-order valence-electron chi connectivity index (χ4n) is 4.16. The van der Waals surface area contributed by atoms with Crippen LogP contribution < -0.4 is 15.1 Å². The number of rotatable bonds is 4. The topological polar surface area (TPSA) is 60.8 Å². The van der Waals surface area contributed by atoms with Crippen molar-refractivity contribution in [1.29, 1.82) is 0 Å². The van der Waals surface area contributed by atoms with E-state index < -0.39 is 5.97 Å². The number of benzene rings is 1. The lowest BCUT2D eigenvalue weighted by molar-refractivity contribution is 0.0598. The molecule has 2 fully saturated rings. The molecule has 1 aliphatic heterocycles. The number of nitrogens with zero attached hydrogens (tertiary/aromatic N) is 2. The Bertz CT molecular complexity index is 945. The third-order valence-electron chi connectivity index (χ3n) is 5.67. The highest BCUT2D eigenvalue weighted by Gasteiger charge is 2.30. The van der Waals surface area contributed by atoms with E-state index in [1.54, 1.807) is 13.3 Å². The Labute approximate surface area is 158 Å². The molecular weight excluding hydrogens is 344 g/mol. The SMILES string of the molecule is COC(=O)c1cn(C2CC2)c2c(OC)c(N3CCCC(C)C3)ccc2c1=O. The molecule has 1 saturated heterocycles. The van der Waals surface area contributed by atoms with Gasteiger partial charge in [0.05, 0.1) is 30.8 Å². The second-order valence-electron chi connectivity index (χ2n) is 7.71. The zero-order chi connectivity index (χ0) is 19.1. The van der Waals surface area contributed by atoms with Crippen molar-refractivity contribution >= 4 is 22.6 Å². The third-order valence-corrected chi connectivity index (χ3v) is 5.67. The first-order valence-electron chi connectivity index (χ1n) is 9.64. The van der Waals surface area contributed by atoms with E-state index in [-0.39, 0.29) is 11.0 Å². The Morgan fingerprint density at radius 3 is 2.59 bits per heavy atom. The quantitative estimate of drug-likeness (QED) is 0.772. The van der Waals surface area contributed by atoms with Gasteiger partial charge in [-0.05, 0) is 43.7 Å². The van der Waals surface area contributed by atoms with Gasteiger partial charge in [0.25, 0.3) is 0 Å². The maximum atomic E-state index is 12.9. The van der Waals surface area contributed by atoms with Crippen LogP contribution in [-0.2, 0) is 4.74 Å². The summed E-state index contributed by atoms with van der Waals surface area (Å²) in [7, 11) is 2.95. The number of carbonyl (C=O) groups is 1. The molecule has 144 valence electrons. The molecule has 27 heavy (non-hydrogen) atoms. The highest BCUT2D eigenvalue weighted by molar-refractivity contribution is 5.97. The van der Waals surface area contributed by atoms with Gasteiger partial charge < -0.3 is 18.9 Å². The minimum absolute atomic E-state index is 0.0818. The highest BCUT2D eigenvalue weighted by atomic mass is 16.5. The smallest absolute Gasteiger partial charge is 0.343 e.